The maximum absolute atomic E-state index is 12.7. The molecule has 0 aliphatic rings. The van der Waals surface area contributed by atoms with Crippen molar-refractivity contribution in [2.75, 3.05) is 17.7 Å². The summed E-state index contributed by atoms with van der Waals surface area (Å²) in [5.74, 6) is 0.177. The fourth-order valence-electron chi connectivity index (χ4n) is 2.83. The minimum Gasteiger partial charge on any atom is -0.495 e. The molecule has 2 N–H and O–H groups in total. The van der Waals surface area contributed by atoms with E-state index in [1.54, 1.807) is 30.3 Å². The molecule has 3 rings (SSSR count). The predicted molar refractivity (Wildman–Crippen MR) is 128 cm³/mol. The Kier molecular flexibility index (Phi) is 7.60. The van der Waals surface area contributed by atoms with Crippen LogP contribution in [0.3, 0.4) is 0 Å². The lowest BCUT2D eigenvalue weighted by Crippen LogP contribution is -2.22. The van der Waals surface area contributed by atoms with E-state index >= 15 is 0 Å². The van der Waals surface area contributed by atoms with Gasteiger partial charge in [-0.2, -0.15) is 0 Å². The van der Waals surface area contributed by atoms with Crippen LogP contribution >= 0.6 is 23.4 Å². The van der Waals surface area contributed by atoms with E-state index in [1.165, 1.54) is 18.9 Å². The van der Waals surface area contributed by atoms with Gasteiger partial charge in [-0.05, 0) is 62.4 Å². The average molecular weight is 455 g/mol. The Morgan fingerprint density at radius 3 is 2.45 bits per heavy atom. The van der Waals surface area contributed by atoms with E-state index in [4.69, 9.17) is 16.3 Å². The van der Waals surface area contributed by atoms with Crippen molar-refractivity contribution in [3.8, 4) is 5.75 Å². The molecule has 0 radical (unpaired) electrons. The van der Waals surface area contributed by atoms with Gasteiger partial charge in [-0.1, -0.05) is 35.4 Å². The molecule has 7 heteroatoms. The highest BCUT2D eigenvalue weighted by atomic mass is 35.5. The van der Waals surface area contributed by atoms with Crippen molar-refractivity contribution in [3.05, 3.63) is 82.9 Å². The van der Waals surface area contributed by atoms with Crippen LogP contribution < -0.4 is 15.4 Å². The summed E-state index contributed by atoms with van der Waals surface area (Å²) in [7, 11) is 1.54. The Labute approximate surface area is 191 Å². The number of nitrogens with one attached hydrogen (secondary N) is 2. The third kappa shape index (κ3) is 6.26. The fraction of sp³-hybridized carbons (Fsp3) is 0.167. The molecule has 0 bridgehead atoms. The third-order valence-corrected chi connectivity index (χ3v) is 5.84. The van der Waals surface area contributed by atoms with Crippen LogP contribution in [0.4, 0.5) is 11.4 Å². The number of ether oxygens (including phenoxy) is 1. The van der Waals surface area contributed by atoms with Crippen molar-refractivity contribution in [2.45, 2.75) is 24.0 Å². The van der Waals surface area contributed by atoms with Crippen LogP contribution in [0.25, 0.3) is 0 Å². The van der Waals surface area contributed by atoms with Crippen LogP contribution in [0.15, 0.2) is 71.6 Å². The first-order chi connectivity index (χ1) is 14.9. The number of rotatable bonds is 7. The molecular weight excluding hydrogens is 432 g/mol. The van der Waals surface area contributed by atoms with E-state index in [0.717, 1.165) is 10.5 Å². The number of hydrogen-bond donors (Lipinski definition) is 2. The third-order valence-electron chi connectivity index (χ3n) is 4.51. The van der Waals surface area contributed by atoms with E-state index in [9.17, 15) is 9.59 Å². The Morgan fingerprint density at radius 1 is 1.00 bits per heavy atom. The highest BCUT2D eigenvalue weighted by molar-refractivity contribution is 8.00. The van der Waals surface area contributed by atoms with Crippen LogP contribution in [0, 0.1) is 6.92 Å². The summed E-state index contributed by atoms with van der Waals surface area (Å²) in [5.41, 5.74) is 2.87. The number of methoxy groups -OCH3 is 1. The van der Waals surface area contributed by atoms with Gasteiger partial charge in [-0.15, -0.1) is 11.8 Å². The molecule has 0 saturated heterocycles. The second kappa shape index (κ2) is 10.4. The van der Waals surface area contributed by atoms with Gasteiger partial charge < -0.3 is 15.4 Å². The quantitative estimate of drug-likeness (QED) is 0.428. The van der Waals surface area contributed by atoms with Gasteiger partial charge >= 0.3 is 0 Å². The average Bonchev–Trinajstić information content (AvgIpc) is 2.74. The summed E-state index contributed by atoms with van der Waals surface area (Å²) in [6, 6.07) is 19.8. The molecule has 2 amide bonds. The summed E-state index contributed by atoms with van der Waals surface area (Å²) < 4.78 is 5.27. The van der Waals surface area contributed by atoms with Crippen molar-refractivity contribution in [1.82, 2.24) is 0 Å². The number of carbonyl (C=O) groups is 2. The van der Waals surface area contributed by atoms with Gasteiger partial charge in [0.1, 0.15) is 5.75 Å². The van der Waals surface area contributed by atoms with Crippen LogP contribution in [0.5, 0.6) is 5.75 Å². The second-order valence-electron chi connectivity index (χ2n) is 6.94. The van der Waals surface area contributed by atoms with E-state index in [1.807, 2.05) is 50.2 Å². The van der Waals surface area contributed by atoms with Crippen molar-refractivity contribution in [1.29, 1.82) is 0 Å². The first-order valence-electron chi connectivity index (χ1n) is 9.65. The zero-order valence-electron chi connectivity index (χ0n) is 17.4. The maximum Gasteiger partial charge on any atom is 0.255 e. The molecule has 5 nitrogen and oxygen atoms in total. The number of benzene rings is 3. The molecular formula is C24H23ClN2O3S. The molecule has 1 unspecified atom stereocenters. The number of thioether (sulfide) groups is 1. The fourth-order valence-corrected chi connectivity index (χ4v) is 3.92. The van der Waals surface area contributed by atoms with E-state index in [2.05, 4.69) is 10.6 Å². The monoisotopic (exact) mass is 454 g/mol. The van der Waals surface area contributed by atoms with E-state index in [0.29, 0.717) is 27.7 Å². The minimum absolute atomic E-state index is 0.180. The molecule has 0 saturated carbocycles. The van der Waals surface area contributed by atoms with Crippen LogP contribution in [-0.4, -0.2) is 24.2 Å². The molecule has 0 aliphatic heterocycles. The normalized spacial score (nSPS) is 11.5. The Hall–Kier alpha value is -2.96. The second-order valence-corrected chi connectivity index (χ2v) is 8.79. The van der Waals surface area contributed by atoms with Crippen molar-refractivity contribution in [3.63, 3.8) is 0 Å². The molecule has 3 aromatic carbocycles. The van der Waals surface area contributed by atoms with Gasteiger partial charge in [-0.3, -0.25) is 9.59 Å². The lowest BCUT2D eigenvalue weighted by Gasteiger charge is -2.15. The van der Waals surface area contributed by atoms with Gasteiger partial charge in [0.15, 0.2) is 0 Å². The lowest BCUT2D eigenvalue weighted by atomic mass is 10.1. The number of halogens is 1. The SMILES string of the molecule is COc1ccc(Cl)cc1NC(=O)C(C)Sc1cccc(NC(=O)c2ccc(C)cc2)c1. The highest BCUT2D eigenvalue weighted by Gasteiger charge is 2.17. The highest BCUT2D eigenvalue weighted by Crippen LogP contribution is 2.30. The van der Waals surface area contributed by atoms with Gasteiger partial charge in [0.2, 0.25) is 5.91 Å². The molecule has 160 valence electrons. The van der Waals surface area contributed by atoms with Gasteiger partial charge in [0, 0.05) is 21.2 Å². The van der Waals surface area contributed by atoms with E-state index in [-0.39, 0.29) is 17.1 Å². The van der Waals surface area contributed by atoms with Crippen LogP contribution in [0.2, 0.25) is 5.02 Å². The van der Waals surface area contributed by atoms with Gasteiger partial charge in [-0.25, -0.2) is 0 Å². The minimum atomic E-state index is -0.383. The molecule has 0 aromatic heterocycles. The summed E-state index contributed by atoms with van der Waals surface area (Å²) in [4.78, 5) is 26.0. The molecule has 31 heavy (non-hydrogen) atoms. The van der Waals surface area contributed by atoms with Gasteiger partial charge in [0.25, 0.3) is 5.91 Å². The molecule has 1 atom stereocenters. The molecule has 0 spiro atoms. The largest absolute Gasteiger partial charge is 0.495 e. The smallest absolute Gasteiger partial charge is 0.255 e. The molecule has 0 aliphatic carbocycles. The zero-order valence-corrected chi connectivity index (χ0v) is 19.0. The summed E-state index contributed by atoms with van der Waals surface area (Å²) in [6.07, 6.45) is 0. The number of hydrogen-bond acceptors (Lipinski definition) is 4. The molecule has 0 fully saturated rings. The van der Waals surface area contributed by atoms with Crippen molar-refractivity contribution in [2.24, 2.45) is 0 Å². The Bertz CT molecular complexity index is 1090. The first-order valence-corrected chi connectivity index (χ1v) is 10.9. The van der Waals surface area contributed by atoms with E-state index < -0.39 is 0 Å². The number of anilines is 2. The number of aryl methyl sites for hydroxylation is 1. The van der Waals surface area contributed by atoms with Crippen molar-refractivity contribution < 1.29 is 14.3 Å². The summed E-state index contributed by atoms with van der Waals surface area (Å²) in [6.45, 7) is 3.79. The summed E-state index contributed by atoms with van der Waals surface area (Å²) in [5, 5.41) is 5.88. The summed E-state index contributed by atoms with van der Waals surface area (Å²) >= 11 is 7.42. The Balaban J connectivity index is 1.64. The van der Waals surface area contributed by atoms with Crippen LogP contribution in [-0.2, 0) is 4.79 Å². The Morgan fingerprint density at radius 2 is 1.74 bits per heavy atom. The molecule has 0 heterocycles. The first kappa shape index (κ1) is 22.7. The maximum atomic E-state index is 12.7. The number of carbonyl (C=O) groups excluding carboxylic acids is 2. The lowest BCUT2D eigenvalue weighted by molar-refractivity contribution is -0.115. The predicted octanol–water partition coefficient (Wildman–Crippen LogP) is 6.03. The topological polar surface area (TPSA) is 67.4 Å². The van der Waals surface area contributed by atoms with Crippen molar-refractivity contribution >= 4 is 46.6 Å². The standard InChI is InChI=1S/C24H23ClN2O3S/c1-15-7-9-17(10-8-15)24(29)26-19-5-4-6-20(14-19)31-16(2)23(28)27-21-13-18(25)11-12-22(21)30-3/h4-14,16H,1-3H3,(H,26,29)(H,27,28). The molecule has 3 aromatic rings. The van der Waals surface area contributed by atoms with Crippen LogP contribution in [0.1, 0.15) is 22.8 Å². The zero-order chi connectivity index (χ0) is 22.4. The van der Waals surface area contributed by atoms with Gasteiger partial charge in [0.05, 0.1) is 18.0 Å². The number of amides is 2.